The van der Waals surface area contributed by atoms with E-state index in [1.807, 2.05) is 18.2 Å². The number of carbonyl (C=O) groups is 1. The lowest BCUT2D eigenvalue weighted by molar-refractivity contribution is -0.117. The molecule has 4 heteroatoms. The summed E-state index contributed by atoms with van der Waals surface area (Å²) >= 11 is 0. The van der Waals surface area contributed by atoms with E-state index in [1.54, 1.807) is 12.1 Å². The number of nitrogens with zero attached hydrogens (tertiary/aromatic N) is 1. The number of amides is 1. The van der Waals surface area contributed by atoms with Crippen molar-refractivity contribution >= 4 is 22.5 Å². The van der Waals surface area contributed by atoms with E-state index >= 15 is 0 Å². The van der Waals surface area contributed by atoms with Crippen LogP contribution in [0.15, 0.2) is 30.3 Å². The van der Waals surface area contributed by atoms with Crippen LogP contribution in [-0.2, 0) is 11.2 Å². The highest BCUT2D eigenvalue weighted by atomic mass is 16.1. The van der Waals surface area contributed by atoms with Crippen molar-refractivity contribution in [3.8, 4) is 0 Å². The normalized spacial score (nSPS) is 10.4. The highest BCUT2D eigenvalue weighted by Crippen LogP contribution is 2.16. The van der Waals surface area contributed by atoms with Crippen molar-refractivity contribution in [1.82, 2.24) is 4.98 Å². The number of benzene rings is 1. The molecule has 0 bridgehead atoms. The summed E-state index contributed by atoms with van der Waals surface area (Å²) < 4.78 is 0. The predicted octanol–water partition coefficient (Wildman–Crippen LogP) is 0.845. The van der Waals surface area contributed by atoms with Crippen molar-refractivity contribution < 1.29 is 4.79 Å². The number of pyridine rings is 1. The fraction of sp³-hybridized carbons (Fsp3) is 0.0909. The lowest BCUT2D eigenvalue weighted by atomic mass is 10.1. The van der Waals surface area contributed by atoms with Crippen molar-refractivity contribution in [3.05, 3.63) is 36.0 Å². The Morgan fingerprint density at radius 1 is 1.27 bits per heavy atom. The Hall–Kier alpha value is -2.10. The molecular formula is C11H11N3O. The number of nitrogens with two attached hydrogens (primary N) is 2. The molecule has 1 heterocycles. The maximum Gasteiger partial charge on any atom is 0.223 e. The zero-order chi connectivity index (χ0) is 10.8. The molecule has 2 aromatic rings. The summed E-state index contributed by atoms with van der Waals surface area (Å²) in [6.45, 7) is 0. The number of fused-ring (bicyclic) bond motifs is 1. The first-order valence-electron chi connectivity index (χ1n) is 4.58. The first kappa shape index (κ1) is 9.45. The quantitative estimate of drug-likeness (QED) is 0.706. The zero-order valence-electron chi connectivity index (χ0n) is 8.10. The van der Waals surface area contributed by atoms with Gasteiger partial charge in [-0.15, -0.1) is 0 Å². The van der Waals surface area contributed by atoms with Crippen LogP contribution in [0.4, 0.5) is 5.69 Å². The van der Waals surface area contributed by atoms with Gasteiger partial charge in [0.05, 0.1) is 17.6 Å². The second-order valence-electron chi connectivity index (χ2n) is 3.40. The molecule has 4 N–H and O–H groups in total. The number of hydrogen-bond donors (Lipinski definition) is 2. The molecule has 0 saturated heterocycles. The molecule has 0 atom stereocenters. The van der Waals surface area contributed by atoms with Gasteiger partial charge < -0.3 is 11.5 Å². The molecule has 2 rings (SSSR count). The molecule has 0 aliphatic heterocycles. The van der Waals surface area contributed by atoms with Crippen LogP contribution in [0.3, 0.4) is 0 Å². The van der Waals surface area contributed by atoms with E-state index < -0.39 is 0 Å². The summed E-state index contributed by atoms with van der Waals surface area (Å²) in [6, 6.07) is 9.12. The summed E-state index contributed by atoms with van der Waals surface area (Å²) in [5.74, 6) is -0.378. The molecule has 0 radical (unpaired) electrons. The van der Waals surface area contributed by atoms with E-state index in [9.17, 15) is 4.79 Å². The molecule has 0 aliphatic rings. The number of nitrogen functional groups attached to an aromatic ring is 1. The molecule has 76 valence electrons. The number of primary amides is 1. The van der Waals surface area contributed by atoms with Gasteiger partial charge in [0.25, 0.3) is 0 Å². The maximum atomic E-state index is 10.7. The van der Waals surface area contributed by atoms with Crippen molar-refractivity contribution in [3.63, 3.8) is 0 Å². The monoisotopic (exact) mass is 201 g/mol. The van der Waals surface area contributed by atoms with Gasteiger partial charge in [-0.3, -0.25) is 9.78 Å². The van der Waals surface area contributed by atoms with Crippen LogP contribution in [0, 0.1) is 0 Å². The topological polar surface area (TPSA) is 82.0 Å². The van der Waals surface area contributed by atoms with Crippen LogP contribution >= 0.6 is 0 Å². The first-order chi connectivity index (χ1) is 7.15. The molecule has 1 aromatic heterocycles. The Morgan fingerprint density at radius 3 is 2.80 bits per heavy atom. The van der Waals surface area contributed by atoms with Crippen LogP contribution < -0.4 is 11.5 Å². The molecule has 0 spiro atoms. The molecule has 0 fully saturated rings. The highest BCUT2D eigenvalue weighted by molar-refractivity contribution is 5.83. The van der Waals surface area contributed by atoms with Gasteiger partial charge in [0, 0.05) is 11.1 Å². The van der Waals surface area contributed by atoms with Gasteiger partial charge in [-0.2, -0.15) is 0 Å². The second kappa shape index (κ2) is 3.57. The van der Waals surface area contributed by atoms with Crippen LogP contribution in [-0.4, -0.2) is 10.9 Å². The third-order valence-corrected chi connectivity index (χ3v) is 2.13. The number of anilines is 1. The summed E-state index contributed by atoms with van der Waals surface area (Å²) in [5, 5.41) is 0.961. The van der Waals surface area contributed by atoms with Crippen molar-refractivity contribution in [2.24, 2.45) is 5.73 Å². The Labute approximate surface area is 86.9 Å². The number of rotatable bonds is 2. The van der Waals surface area contributed by atoms with Gasteiger partial charge in [-0.25, -0.2) is 0 Å². The first-order valence-corrected chi connectivity index (χ1v) is 4.58. The fourth-order valence-electron chi connectivity index (χ4n) is 1.46. The van der Waals surface area contributed by atoms with Crippen LogP contribution in [0.5, 0.6) is 0 Å². The predicted molar refractivity (Wildman–Crippen MR) is 59.1 cm³/mol. The van der Waals surface area contributed by atoms with E-state index in [0.717, 1.165) is 10.9 Å². The van der Waals surface area contributed by atoms with Gasteiger partial charge in [-0.1, -0.05) is 6.07 Å². The third-order valence-electron chi connectivity index (χ3n) is 2.13. The Morgan fingerprint density at radius 2 is 2.07 bits per heavy atom. The minimum absolute atomic E-state index is 0.167. The number of hydrogen-bond acceptors (Lipinski definition) is 3. The molecule has 0 saturated carbocycles. The van der Waals surface area contributed by atoms with Gasteiger partial charge in [0.1, 0.15) is 0 Å². The summed E-state index contributed by atoms with van der Waals surface area (Å²) in [5.41, 5.74) is 12.9. The number of aromatic nitrogens is 1. The lowest BCUT2D eigenvalue weighted by Gasteiger charge is -2.01. The van der Waals surface area contributed by atoms with Gasteiger partial charge >= 0.3 is 0 Å². The van der Waals surface area contributed by atoms with E-state index in [0.29, 0.717) is 11.4 Å². The standard InChI is InChI=1S/C11H11N3O/c12-8-2-4-10-7(5-8)1-3-9(14-10)6-11(13)15/h1-5H,6,12H2,(H2,13,15). The van der Waals surface area contributed by atoms with Crippen LogP contribution in [0.25, 0.3) is 10.9 Å². The fourth-order valence-corrected chi connectivity index (χ4v) is 1.46. The summed E-state index contributed by atoms with van der Waals surface area (Å²) in [4.78, 5) is 15.0. The van der Waals surface area contributed by atoms with Crippen LogP contribution in [0.1, 0.15) is 5.69 Å². The molecule has 0 aliphatic carbocycles. The Kier molecular flexibility index (Phi) is 2.25. The van der Waals surface area contributed by atoms with E-state index in [2.05, 4.69) is 4.98 Å². The largest absolute Gasteiger partial charge is 0.399 e. The minimum Gasteiger partial charge on any atom is -0.399 e. The molecule has 15 heavy (non-hydrogen) atoms. The second-order valence-corrected chi connectivity index (χ2v) is 3.40. The Balaban J connectivity index is 2.47. The minimum atomic E-state index is -0.378. The molecule has 1 aromatic carbocycles. The van der Waals surface area contributed by atoms with Crippen molar-refractivity contribution in [1.29, 1.82) is 0 Å². The highest BCUT2D eigenvalue weighted by Gasteiger charge is 2.01. The van der Waals surface area contributed by atoms with E-state index in [-0.39, 0.29) is 12.3 Å². The summed E-state index contributed by atoms with van der Waals surface area (Å²) in [7, 11) is 0. The molecular weight excluding hydrogens is 190 g/mol. The Bertz CT molecular complexity index is 522. The third kappa shape index (κ3) is 2.04. The van der Waals surface area contributed by atoms with E-state index in [4.69, 9.17) is 11.5 Å². The van der Waals surface area contributed by atoms with Crippen molar-refractivity contribution in [2.45, 2.75) is 6.42 Å². The average Bonchev–Trinajstić information content (AvgIpc) is 2.17. The van der Waals surface area contributed by atoms with Gasteiger partial charge in [0.15, 0.2) is 0 Å². The van der Waals surface area contributed by atoms with Crippen LogP contribution in [0.2, 0.25) is 0 Å². The van der Waals surface area contributed by atoms with Gasteiger partial charge in [-0.05, 0) is 24.3 Å². The number of carbonyl (C=O) groups excluding carboxylic acids is 1. The van der Waals surface area contributed by atoms with Gasteiger partial charge in [0.2, 0.25) is 5.91 Å². The zero-order valence-corrected chi connectivity index (χ0v) is 8.10. The molecule has 0 unspecified atom stereocenters. The van der Waals surface area contributed by atoms with E-state index in [1.165, 1.54) is 0 Å². The smallest absolute Gasteiger partial charge is 0.223 e. The lowest BCUT2D eigenvalue weighted by Crippen LogP contribution is -2.14. The van der Waals surface area contributed by atoms with Crippen molar-refractivity contribution in [2.75, 3.05) is 5.73 Å². The SMILES string of the molecule is NC(=O)Cc1ccc2cc(N)ccc2n1. The summed E-state index contributed by atoms with van der Waals surface area (Å²) in [6.07, 6.45) is 0.167. The molecule has 4 nitrogen and oxygen atoms in total. The molecule has 1 amide bonds. The average molecular weight is 201 g/mol. The maximum absolute atomic E-state index is 10.7.